The van der Waals surface area contributed by atoms with Gasteiger partial charge in [-0.2, -0.15) is 5.10 Å². The minimum Gasteiger partial charge on any atom is -0.311 e. The Labute approximate surface area is 128 Å². The maximum Gasteiger partial charge on any atom is 0.0534 e. The van der Waals surface area contributed by atoms with Crippen molar-refractivity contribution >= 4 is 24.8 Å². The molecule has 0 spiro atoms. The summed E-state index contributed by atoms with van der Waals surface area (Å²) in [5.74, 6) is 0. The number of nitrogens with one attached hydrogen (secondary N) is 1. The van der Waals surface area contributed by atoms with E-state index in [1.165, 1.54) is 31.2 Å². The van der Waals surface area contributed by atoms with Gasteiger partial charge in [0, 0.05) is 31.4 Å². The van der Waals surface area contributed by atoms with Gasteiger partial charge in [-0.3, -0.25) is 4.68 Å². The lowest BCUT2D eigenvalue weighted by Gasteiger charge is -2.10. The summed E-state index contributed by atoms with van der Waals surface area (Å²) in [6.45, 7) is 3.04. The van der Waals surface area contributed by atoms with E-state index in [0.717, 1.165) is 19.6 Å². The molecule has 1 N–H and O–H groups in total. The summed E-state index contributed by atoms with van der Waals surface area (Å²) in [7, 11) is 4.19. The van der Waals surface area contributed by atoms with Gasteiger partial charge in [-0.1, -0.05) is 12.8 Å². The average Bonchev–Trinajstić information content (AvgIpc) is 2.94. The van der Waals surface area contributed by atoms with Crippen molar-refractivity contribution in [3.05, 3.63) is 18.0 Å². The fourth-order valence-electron chi connectivity index (χ4n) is 2.37. The summed E-state index contributed by atoms with van der Waals surface area (Å²) >= 11 is 0. The van der Waals surface area contributed by atoms with Crippen LogP contribution in [0.25, 0.3) is 0 Å². The molecular weight excluding hydrogens is 283 g/mol. The minimum atomic E-state index is 0. The van der Waals surface area contributed by atoms with E-state index in [9.17, 15) is 0 Å². The topological polar surface area (TPSA) is 33.1 Å². The van der Waals surface area contributed by atoms with Crippen LogP contribution in [0.3, 0.4) is 0 Å². The third-order valence-electron chi connectivity index (χ3n) is 3.42. The number of hydrogen-bond acceptors (Lipinski definition) is 3. The molecule has 0 radical (unpaired) electrons. The Morgan fingerprint density at radius 3 is 2.63 bits per heavy atom. The van der Waals surface area contributed by atoms with Crippen LogP contribution < -0.4 is 5.32 Å². The van der Waals surface area contributed by atoms with Crippen molar-refractivity contribution in [3.8, 4) is 0 Å². The van der Waals surface area contributed by atoms with E-state index >= 15 is 0 Å². The Morgan fingerprint density at radius 1 is 1.32 bits per heavy atom. The second-order valence-electron chi connectivity index (χ2n) is 5.25. The molecule has 1 aliphatic rings. The quantitative estimate of drug-likeness (QED) is 0.820. The lowest BCUT2D eigenvalue weighted by Crippen LogP contribution is -2.26. The Hall–Kier alpha value is -0.290. The Kier molecular flexibility index (Phi) is 9.44. The molecule has 0 atom stereocenters. The van der Waals surface area contributed by atoms with Crippen LogP contribution in [-0.2, 0) is 6.54 Å². The molecule has 1 aliphatic carbocycles. The third-order valence-corrected chi connectivity index (χ3v) is 3.42. The Balaban J connectivity index is 0.00000162. The van der Waals surface area contributed by atoms with Gasteiger partial charge >= 0.3 is 0 Å². The first-order chi connectivity index (χ1) is 8.25. The maximum atomic E-state index is 4.48. The molecule has 1 heterocycles. The molecule has 0 amide bonds. The molecule has 1 saturated carbocycles. The molecule has 2 rings (SSSR count). The van der Waals surface area contributed by atoms with Crippen molar-refractivity contribution < 1.29 is 0 Å². The summed E-state index contributed by atoms with van der Waals surface area (Å²) < 4.78 is 2.16. The number of nitrogens with zero attached hydrogens (tertiary/aromatic N) is 3. The lowest BCUT2D eigenvalue weighted by molar-refractivity contribution is 0.400. The highest BCUT2D eigenvalue weighted by Crippen LogP contribution is 2.28. The second-order valence-corrected chi connectivity index (χ2v) is 5.25. The molecule has 1 aromatic rings. The predicted octanol–water partition coefficient (Wildman–Crippen LogP) is 2.49. The first-order valence-electron chi connectivity index (χ1n) is 6.64. The maximum absolute atomic E-state index is 4.48. The summed E-state index contributed by atoms with van der Waals surface area (Å²) in [6.07, 6.45) is 9.53. The first-order valence-corrected chi connectivity index (χ1v) is 6.64. The SMILES string of the molecule is CN(C)CCNCc1cnn(C2CCCC2)c1.Cl.Cl. The average molecular weight is 309 g/mol. The molecule has 4 nitrogen and oxygen atoms in total. The van der Waals surface area contributed by atoms with E-state index in [-0.39, 0.29) is 24.8 Å². The third kappa shape index (κ3) is 6.13. The van der Waals surface area contributed by atoms with Crippen LogP contribution in [0.1, 0.15) is 37.3 Å². The van der Waals surface area contributed by atoms with Crippen LogP contribution in [-0.4, -0.2) is 41.9 Å². The van der Waals surface area contributed by atoms with E-state index in [0.29, 0.717) is 6.04 Å². The highest BCUT2D eigenvalue weighted by Gasteiger charge is 2.17. The van der Waals surface area contributed by atoms with Gasteiger partial charge in [0.2, 0.25) is 0 Å². The molecule has 0 unspecified atom stereocenters. The molecule has 1 fully saturated rings. The van der Waals surface area contributed by atoms with Crippen molar-refractivity contribution in [2.75, 3.05) is 27.2 Å². The summed E-state index contributed by atoms with van der Waals surface area (Å²) in [5.41, 5.74) is 1.30. The van der Waals surface area contributed by atoms with Crippen LogP contribution >= 0.6 is 24.8 Å². The van der Waals surface area contributed by atoms with Gasteiger partial charge in [0.1, 0.15) is 0 Å². The molecule has 0 saturated heterocycles. The minimum absolute atomic E-state index is 0. The van der Waals surface area contributed by atoms with Gasteiger partial charge in [0.15, 0.2) is 0 Å². The van der Waals surface area contributed by atoms with Gasteiger partial charge in [-0.05, 0) is 26.9 Å². The molecule has 6 heteroatoms. The largest absolute Gasteiger partial charge is 0.311 e. The van der Waals surface area contributed by atoms with Gasteiger partial charge < -0.3 is 10.2 Å². The van der Waals surface area contributed by atoms with Gasteiger partial charge in [0.05, 0.1) is 12.2 Å². The number of rotatable bonds is 6. The van der Waals surface area contributed by atoms with E-state index in [1.54, 1.807) is 0 Å². The molecule has 1 aromatic heterocycles. The van der Waals surface area contributed by atoms with Gasteiger partial charge in [0.25, 0.3) is 0 Å². The Bertz CT molecular complexity index is 335. The highest BCUT2D eigenvalue weighted by molar-refractivity contribution is 5.85. The van der Waals surface area contributed by atoms with Crippen molar-refractivity contribution in [3.63, 3.8) is 0 Å². The zero-order valence-corrected chi connectivity index (χ0v) is 13.5. The molecule has 0 bridgehead atoms. The summed E-state index contributed by atoms with van der Waals surface area (Å²) in [4.78, 5) is 2.19. The van der Waals surface area contributed by atoms with Crippen molar-refractivity contribution in [1.29, 1.82) is 0 Å². The van der Waals surface area contributed by atoms with E-state index in [2.05, 4.69) is 40.3 Å². The fraction of sp³-hybridized carbons (Fsp3) is 0.769. The van der Waals surface area contributed by atoms with Gasteiger partial charge in [-0.25, -0.2) is 0 Å². The first kappa shape index (κ1) is 18.7. The molecule has 0 aromatic carbocycles. The van der Waals surface area contributed by atoms with E-state index < -0.39 is 0 Å². The van der Waals surface area contributed by atoms with Crippen molar-refractivity contribution in [2.24, 2.45) is 0 Å². The zero-order valence-electron chi connectivity index (χ0n) is 11.8. The Morgan fingerprint density at radius 2 is 2.00 bits per heavy atom. The lowest BCUT2D eigenvalue weighted by atomic mass is 10.2. The second kappa shape index (κ2) is 9.59. The molecule has 19 heavy (non-hydrogen) atoms. The number of hydrogen-bond donors (Lipinski definition) is 1. The van der Waals surface area contributed by atoms with Crippen molar-refractivity contribution in [2.45, 2.75) is 38.3 Å². The molecule has 0 aliphatic heterocycles. The molecular formula is C13H26Cl2N4. The van der Waals surface area contributed by atoms with E-state index in [4.69, 9.17) is 0 Å². The summed E-state index contributed by atoms with van der Waals surface area (Å²) in [6, 6.07) is 0.658. The van der Waals surface area contributed by atoms with E-state index in [1.807, 2.05) is 6.20 Å². The van der Waals surface area contributed by atoms with Gasteiger partial charge in [-0.15, -0.1) is 24.8 Å². The van der Waals surface area contributed by atoms with Crippen LogP contribution in [0, 0.1) is 0 Å². The monoisotopic (exact) mass is 308 g/mol. The molecule has 112 valence electrons. The zero-order chi connectivity index (χ0) is 12.1. The normalized spacial score (nSPS) is 15.3. The predicted molar refractivity (Wildman–Crippen MR) is 84.5 cm³/mol. The number of halogens is 2. The van der Waals surface area contributed by atoms with Crippen LogP contribution in [0.15, 0.2) is 12.4 Å². The standard InChI is InChI=1S/C13H24N4.2ClH/c1-16(2)8-7-14-9-12-10-15-17(11-12)13-5-3-4-6-13;;/h10-11,13-14H,3-9H2,1-2H3;2*1H. The van der Waals surface area contributed by atoms with Crippen LogP contribution in [0.4, 0.5) is 0 Å². The summed E-state index contributed by atoms with van der Waals surface area (Å²) in [5, 5.41) is 7.92. The number of likely N-dealkylation sites (N-methyl/N-ethyl adjacent to an activating group) is 1. The smallest absolute Gasteiger partial charge is 0.0534 e. The fourth-order valence-corrected chi connectivity index (χ4v) is 2.37. The number of aromatic nitrogens is 2. The van der Waals surface area contributed by atoms with Crippen molar-refractivity contribution in [1.82, 2.24) is 20.0 Å². The van der Waals surface area contributed by atoms with Crippen LogP contribution in [0.5, 0.6) is 0 Å². The highest BCUT2D eigenvalue weighted by atomic mass is 35.5. The van der Waals surface area contributed by atoms with Crippen LogP contribution in [0.2, 0.25) is 0 Å².